The van der Waals surface area contributed by atoms with Crippen molar-refractivity contribution in [3.8, 4) is 0 Å². The molecule has 1 unspecified atom stereocenters. The fourth-order valence-corrected chi connectivity index (χ4v) is 2.47. The zero-order valence-corrected chi connectivity index (χ0v) is 9.89. The number of fused-ring (bicyclic) bond motifs is 1. The molecule has 0 aliphatic heterocycles. The third kappa shape index (κ3) is 1.92. The van der Waals surface area contributed by atoms with Crippen LogP contribution in [0, 0.1) is 0 Å². The molecule has 0 bridgehead atoms. The van der Waals surface area contributed by atoms with Gasteiger partial charge in [0.15, 0.2) is 0 Å². The Morgan fingerprint density at radius 2 is 1.88 bits per heavy atom. The van der Waals surface area contributed by atoms with Crippen molar-refractivity contribution in [2.75, 3.05) is 0 Å². The molecular formula is C13H11N3S. The van der Waals surface area contributed by atoms with Crippen molar-refractivity contribution in [1.82, 2.24) is 9.97 Å². The molecule has 0 spiro atoms. The van der Waals surface area contributed by atoms with E-state index in [0.29, 0.717) is 0 Å². The first-order chi connectivity index (χ1) is 8.34. The first-order valence-electron chi connectivity index (χ1n) is 5.35. The van der Waals surface area contributed by atoms with Gasteiger partial charge in [-0.15, -0.1) is 11.3 Å². The third-order valence-electron chi connectivity index (χ3n) is 2.64. The van der Waals surface area contributed by atoms with Gasteiger partial charge in [-0.25, -0.2) is 4.98 Å². The molecule has 2 N–H and O–H groups in total. The van der Waals surface area contributed by atoms with Gasteiger partial charge in [-0.2, -0.15) is 0 Å². The first kappa shape index (κ1) is 10.4. The average molecular weight is 241 g/mol. The summed E-state index contributed by atoms with van der Waals surface area (Å²) < 4.78 is 0. The molecular weight excluding hydrogens is 230 g/mol. The van der Waals surface area contributed by atoms with E-state index in [1.165, 1.54) is 0 Å². The van der Waals surface area contributed by atoms with Crippen LogP contribution in [-0.4, -0.2) is 9.97 Å². The number of benzene rings is 1. The van der Waals surface area contributed by atoms with Crippen LogP contribution < -0.4 is 5.73 Å². The Morgan fingerprint density at radius 1 is 1.06 bits per heavy atom. The molecule has 0 saturated heterocycles. The predicted octanol–water partition coefficient (Wildman–Crippen LogP) is 2.74. The molecule has 2 heterocycles. The molecule has 3 aromatic rings. The highest BCUT2D eigenvalue weighted by molar-refractivity contribution is 7.10. The summed E-state index contributed by atoms with van der Waals surface area (Å²) >= 11 is 1.64. The van der Waals surface area contributed by atoms with Gasteiger partial charge in [-0.1, -0.05) is 18.2 Å². The Morgan fingerprint density at radius 3 is 2.65 bits per heavy atom. The second-order valence-corrected chi connectivity index (χ2v) is 4.76. The fourth-order valence-electron chi connectivity index (χ4n) is 1.74. The number of para-hydroxylation sites is 2. The summed E-state index contributed by atoms with van der Waals surface area (Å²) in [6.07, 6.45) is 1.76. The van der Waals surface area contributed by atoms with E-state index in [1.807, 2.05) is 41.8 Å². The minimum absolute atomic E-state index is 0.188. The second kappa shape index (κ2) is 4.24. The van der Waals surface area contributed by atoms with Crippen molar-refractivity contribution in [3.63, 3.8) is 0 Å². The summed E-state index contributed by atoms with van der Waals surface area (Å²) in [6.45, 7) is 0. The van der Waals surface area contributed by atoms with Crippen LogP contribution >= 0.6 is 11.3 Å². The molecule has 3 nitrogen and oxygen atoms in total. The molecule has 2 aromatic heterocycles. The molecule has 0 radical (unpaired) electrons. The molecule has 84 valence electrons. The van der Waals surface area contributed by atoms with E-state index in [1.54, 1.807) is 17.5 Å². The summed E-state index contributed by atoms with van der Waals surface area (Å²) in [5, 5.41) is 2.02. The molecule has 0 saturated carbocycles. The summed E-state index contributed by atoms with van der Waals surface area (Å²) in [6, 6.07) is 11.6. The highest BCUT2D eigenvalue weighted by atomic mass is 32.1. The van der Waals surface area contributed by atoms with Crippen LogP contribution in [0.15, 0.2) is 48.0 Å². The lowest BCUT2D eigenvalue weighted by Crippen LogP contribution is -2.12. The number of aromatic nitrogens is 2. The molecule has 17 heavy (non-hydrogen) atoms. The van der Waals surface area contributed by atoms with Gasteiger partial charge in [0.05, 0.1) is 29.0 Å². The molecule has 0 fully saturated rings. The maximum Gasteiger partial charge on any atom is 0.0891 e. The van der Waals surface area contributed by atoms with Crippen molar-refractivity contribution in [2.45, 2.75) is 6.04 Å². The topological polar surface area (TPSA) is 51.8 Å². The first-order valence-corrected chi connectivity index (χ1v) is 6.23. The van der Waals surface area contributed by atoms with Crippen LogP contribution in [0.5, 0.6) is 0 Å². The minimum Gasteiger partial charge on any atom is -0.318 e. The zero-order valence-electron chi connectivity index (χ0n) is 9.08. The van der Waals surface area contributed by atoms with E-state index in [9.17, 15) is 0 Å². The van der Waals surface area contributed by atoms with E-state index in [4.69, 9.17) is 5.73 Å². The highest BCUT2D eigenvalue weighted by Crippen LogP contribution is 2.22. The molecule has 0 amide bonds. The Bertz CT molecular complexity index is 634. The van der Waals surface area contributed by atoms with Crippen LogP contribution in [0.3, 0.4) is 0 Å². The molecule has 1 atom stereocenters. The second-order valence-electron chi connectivity index (χ2n) is 3.78. The normalized spacial score (nSPS) is 12.8. The SMILES string of the molecule is NC(c1cnc2ccccc2n1)c1cccs1. The number of nitrogens with zero attached hydrogens (tertiary/aromatic N) is 2. The Balaban J connectivity index is 2.06. The lowest BCUT2D eigenvalue weighted by Gasteiger charge is -2.09. The molecule has 1 aromatic carbocycles. The van der Waals surface area contributed by atoms with Crippen LogP contribution in [0.4, 0.5) is 0 Å². The van der Waals surface area contributed by atoms with E-state index in [0.717, 1.165) is 21.6 Å². The van der Waals surface area contributed by atoms with E-state index in [-0.39, 0.29) is 6.04 Å². The fraction of sp³-hybridized carbons (Fsp3) is 0.0769. The lowest BCUT2D eigenvalue weighted by molar-refractivity contribution is 0.846. The van der Waals surface area contributed by atoms with E-state index in [2.05, 4.69) is 9.97 Å². The van der Waals surface area contributed by atoms with E-state index < -0.39 is 0 Å². The average Bonchev–Trinajstić information content (AvgIpc) is 2.91. The largest absolute Gasteiger partial charge is 0.318 e. The Kier molecular flexibility index (Phi) is 2.59. The smallest absolute Gasteiger partial charge is 0.0891 e. The molecule has 0 aliphatic rings. The number of rotatable bonds is 2. The van der Waals surface area contributed by atoms with Crippen molar-refractivity contribution >= 4 is 22.4 Å². The highest BCUT2D eigenvalue weighted by Gasteiger charge is 2.12. The maximum atomic E-state index is 6.16. The number of thiophene rings is 1. The minimum atomic E-state index is -0.188. The lowest BCUT2D eigenvalue weighted by atomic mass is 10.2. The zero-order chi connectivity index (χ0) is 11.7. The Hall–Kier alpha value is -1.78. The van der Waals surface area contributed by atoms with Gasteiger partial charge in [0, 0.05) is 4.88 Å². The van der Waals surface area contributed by atoms with Gasteiger partial charge >= 0.3 is 0 Å². The summed E-state index contributed by atoms with van der Waals surface area (Å²) in [5.74, 6) is 0. The number of hydrogen-bond donors (Lipinski definition) is 1. The van der Waals surface area contributed by atoms with Crippen molar-refractivity contribution in [2.24, 2.45) is 5.73 Å². The quantitative estimate of drug-likeness (QED) is 0.750. The van der Waals surface area contributed by atoms with Crippen LogP contribution in [-0.2, 0) is 0 Å². The van der Waals surface area contributed by atoms with Crippen LogP contribution in [0.1, 0.15) is 16.6 Å². The summed E-state index contributed by atoms with van der Waals surface area (Å²) in [4.78, 5) is 10.0. The molecule has 3 rings (SSSR count). The van der Waals surface area contributed by atoms with Gasteiger partial charge in [0.25, 0.3) is 0 Å². The molecule has 4 heteroatoms. The summed E-state index contributed by atoms with van der Waals surface area (Å²) in [7, 11) is 0. The van der Waals surface area contributed by atoms with E-state index >= 15 is 0 Å². The molecule has 0 aliphatic carbocycles. The van der Waals surface area contributed by atoms with Crippen molar-refractivity contribution in [1.29, 1.82) is 0 Å². The van der Waals surface area contributed by atoms with Gasteiger partial charge in [-0.05, 0) is 23.6 Å². The number of hydrogen-bond acceptors (Lipinski definition) is 4. The monoisotopic (exact) mass is 241 g/mol. The third-order valence-corrected chi connectivity index (χ3v) is 3.59. The number of nitrogens with two attached hydrogens (primary N) is 1. The van der Waals surface area contributed by atoms with Crippen LogP contribution in [0.25, 0.3) is 11.0 Å². The van der Waals surface area contributed by atoms with Gasteiger partial charge in [0.1, 0.15) is 0 Å². The predicted molar refractivity (Wildman–Crippen MR) is 69.9 cm³/mol. The van der Waals surface area contributed by atoms with Gasteiger partial charge in [0.2, 0.25) is 0 Å². The maximum absolute atomic E-state index is 6.16. The Labute approximate surface area is 103 Å². The summed E-state index contributed by atoms with van der Waals surface area (Å²) in [5.41, 5.74) is 8.75. The van der Waals surface area contributed by atoms with Gasteiger partial charge in [-0.3, -0.25) is 4.98 Å². The standard InChI is InChI=1S/C13H11N3S/c14-13(12-6-3-7-17-12)11-8-15-9-4-1-2-5-10(9)16-11/h1-8,13H,14H2. The van der Waals surface area contributed by atoms with Crippen molar-refractivity contribution in [3.05, 3.63) is 58.5 Å². The van der Waals surface area contributed by atoms with Crippen molar-refractivity contribution < 1.29 is 0 Å². The van der Waals surface area contributed by atoms with Gasteiger partial charge < -0.3 is 5.73 Å². The van der Waals surface area contributed by atoms with Crippen LogP contribution in [0.2, 0.25) is 0 Å².